The van der Waals surface area contributed by atoms with E-state index in [4.69, 9.17) is 5.73 Å². The van der Waals surface area contributed by atoms with E-state index in [-0.39, 0.29) is 12.0 Å². The second-order valence-electron chi connectivity index (χ2n) is 6.54. The predicted molar refractivity (Wildman–Crippen MR) is 88.5 cm³/mol. The average Bonchev–Trinajstić information content (AvgIpc) is 2.53. The molecule has 0 aliphatic rings. The van der Waals surface area contributed by atoms with E-state index in [1.807, 2.05) is 0 Å². The Morgan fingerprint density at radius 3 is 2.29 bits per heavy atom. The van der Waals surface area contributed by atoms with Gasteiger partial charge in [-0.15, -0.1) is 0 Å². The van der Waals surface area contributed by atoms with E-state index in [1.165, 1.54) is 44.2 Å². The second-order valence-corrected chi connectivity index (χ2v) is 6.54. The molecule has 24 heavy (non-hydrogen) atoms. The number of halogens is 3. The lowest BCUT2D eigenvalue weighted by molar-refractivity contribution is 0.0852. The van der Waals surface area contributed by atoms with Gasteiger partial charge in [0.05, 0.1) is 6.10 Å². The average molecular weight is 337 g/mol. The topological polar surface area (TPSA) is 46.2 Å². The lowest BCUT2D eigenvalue weighted by Crippen LogP contribution is -2.30. The Balaban J connectivity index is 2.11. The predicted octanol–water partition coefficient (Wildman–Crippen LogP) is 4.19. The lowest BCUT2D eigenvalue weighted by atomic mass is 9.93. The summed E-state index contributed by atoms with van der Waals surface area (Å²) in [4.78, 5) is 0. The van der Waals surface area contributed by atoms with Crippen LogP contribution in [0, 0.1) is 5.82 Å². The molecule has 2 nitrogen and oxygen atoms in total. The summed E-state index contributed by atoms with van der Waals surface area (Å²) >= 11 is 0. The number of rotatable bonds is 6. The molecule has 0 amide bonds. The number of alkyl halides is 2. The molecule has 0 fully saturated rings. The van der Waals surface area contributed by atoms with Gasteiger partial charge >= 0.3 is 0 Å². The zero-order valence-electron chi connectivity index (χ0n) is 13.7. The highest BCUT2D eigenvalue weighted by Crippen LogP contribution is 2.33. The molecule has 2 rings (SSSR count). The Hall–Kier alpha value is -1.85. The quantitative estimate of drug-likeness (QED) is 0.830. The van der Waals surface area contributed by atoms with Crippen molar-refractivity contribution < 1.29 is 18.3 Å². The summed E-state index contributed by atoms with van der Waals surface area (Å²) in [5, 5.41) is 10.3. The Bertz CT molecular complexity index is 667. The van der Waals surface area contributed by atoms with Crippen LogP contribution in [0.25, 0.3) is 0 Å². The van der Waals surface area contributed by atoms with Gasteiger partial charge in [0.1, 0.15) is 11.5 Å². The summed E-state index contributed by atoms with van der Waals surface area (Å²) in [6, 6.07) is 11.3. The zero-order chi connectivity index (χ0) is 17.9. The fraction of sp³-hybridized carbons (Fsp3) is 0.368. The van der Waals surface area contributed by atoms with E-state index in [1.54, 1.807) is 18.2 Å². The third-order valence-corrected chi connectivity index (χ3v) is 3.93. The molecule has 130 valence electrons. The number of aliphatic hydroxyl groups excluding tert-OH is 1. The highest BCUT2D eigenvalue weighted by atomic mass is 19.2. The highest BCUT2D eigenvalue weighted by Gasteiger charge is 2.30. The van der Waals surface area contributed by atoms with Crippen LogP contribution in [0.2, 0.25) is 0 Å². The van der Waals surface area contributed by atoms with Crippen LogP contribution in [0.4, 0.5) is 13.2 Å². The maximum absolute atomic E-state index is 14.1. The molecule has 3 atom stereocenters. The standard InChI is InChI=1S/C19H22F3NO/c1-19(2,22)18(21)14-5-3-4-12(10-14)11-16(23)17(24)13-6-8-15(20)9-7-13/h3-10,16-18,24H,11,23H2,1-2H3. The van der Waals surface area contributed by atoms with Gasteiger partial charge in [-0.05, 0) is 49.1 Å². The molecule has 0 aliphatic heterocycles. The van der Waals surface area contributed by atoms with Crippen LogP contribution in [0.3, 0.4) is 0 Å². The molecule has 0 spiro atoms. The minimum atomic E-state index is -1.98. The summed E-state index contributed by atoms with van der Waals surface area (Å²) in [5.41, 5.74) is 5.49. The molecule has 0 bridgehead atoms. The minimum absolute atomic E-state index is 0.239. The van der Waals surface area contributed by atoms with Crippen LogP contribution in [0.1, 0.15) is 42.8 Å². The van der Waals surface area contributed by atoms with Gasteiger partial charge in [0.2, 0.25) is 0 Å². The number of hydrogen-bond donors (Lipinski definition) is 2. The zero-order valence-corrected chi connectivity index (χ0v) is 13.7. The second kappa shape index (κ2) is 7.36. The SMILES string of the molecule is CC(C)(F)C(F)c1cccc(CC(N)C(O)c2ccc(F)cc2)c1. The van der Waals surface area contributed by atoms with Gasteiger partial charge in [-0.3, -0.25) is 0 Å². The maximum Gasteiger partial charge on any atom is 0.158 e. The summed E-state index contributed by atoms with van der Waals surface area (Å²) < 4.78 is 40.8. The highest BCUT2D eigenvalue weighted by molar-refractivity contribution is 5.28. The van der Waals surface area contributed by atoms with E-state index < -0.39 is 29.8 Å². The molecule has 3 N–H and O–H groups in total. The van der Waals surface area contributed by atoms with Crippen molar-refractivity contribution in [2.45, 2.75) is 44.3 Å². The van der Waals surface area contributed by atoms with Crippen molar-refractivity contribution >= 4 is 0 Å². The van der Waals surface area contributed by atoms with E-state index in [2.05, 4.69) is 0 Å². The van der Waals surface area contributed by atoms with Crippen LogP contribution in [0.15, 0.2) is 48.5 Å². The van der Waals surface area contributed by atoms with E-state index in [0.717, 1.165) is 0 Å². The van der Waals surface area contributed by atoms with E-state index >= 15 is 0 Å². The molecule has 0 aromatic heterocycles. The van der Waals surface area contributed by atoms with Crippen LogP contribution in [0.5, 0.6) is 0 Å². The first-order valence-corrected chi connectivity index (χ1v) is 7.79. The number of nitrogens with two attached hydrogens (primary N) is 1. The Labute approximate surface area is 140 Å². The van der Waals surface area contributed by atoms with Gasteiger partial charge < -0.3 is 10.8 Å². The normalized spacial score (nSPS) is 15.8. The molecular formula is C19H22F3NO. The van der Waals surface area contributed by atoms with Gasteiger partial charge in [0.15, 0.2) is 6.17 Å². The van der Waals surface area contributed by atoms with E-state index in [0.29, 0.717) is 11.1 Å². The van der Waals surface area contributed by atoms with Crippen molar-refractivity contribution in [2.24, 2.45) is 5.73 Å². The summed E-state index contributed by atoms with van der Waals surface area (Å²) in [6.07, 6.45) is -2.44. The Morgan fingerprint density at radius 1 is 1.08 bits per heavy atom. The van der Waals surface area contributed by atoms with Gasteiger partial charge in [-0.1, -0.05) is 36.4 Å². The first-order chi connectivity index (χ1) is 11.2. The van der Waals surface area contributed by atoms with E-state index in [9.17, 15) is 18.3 Å². The molecule has 3 unspecified atom stereocenters. The molecule has 0 saturated heterocycles. The van der Waals surface area contributed by atoms with Crippen molar-refractivity contribution in [1.82, 2.24) is 0 Å². The molecule has 0 heterocycles. The van der Waals surface area contributed by atoms with Crippen molar-refractivity contribution in [3.05, 3.63) is 71.0 Å². The maximum atomic E-state index is 14.1. The van der Waals surface area contributed by atoms with Crippen LogP contribution < -0.4 is 5.73 Å². The lowest BCUT2D eigenvalue weighted by Gasteiger charge is -2.22. The smallest absolute Gasteiger partial charge is 0.158 e. The number of benzene rings is 2. The summed E-state index contributed by atoms with van der Waals surface area (Å²) in [7, 11) is 0. The first-order valence-electron chi connectivity index (χ1n) is 7.79. The first kappa shape index (κ1) is 18.5. The van der Waals surface area contributed by atoms with Crippen molar-refractivity contribution in [3.8, 4) is 0 Å². The molecule has 0 radical (unpaired) electrons. The molecule has 0 saturated carbocycles. The number of hydrogen-bond acceptors (Lipinski definition) is 2. The third-order valence-electron chi connectivity index (χ3n) is 3.93. The number of aliphatic hydroxyl groups is 1. The Morgan fingerprint density at radius 2 is 1.71 bits per heavy atom. The van der Waals surface area contributed by atoms with Crippen LogP contribution in [-0.4, -0.2) is 16.8 Å². The van der Waals surface area contributed by atoms with Crippen molar-refractivity contribution in [2.75, 3.05) is 0 Å². The van der Waals surface area contributed by atoms with Gasteiger partial charge in [0, 0.05) is 6.04 Å². The summed E-state index contributed by atoms with van der Waals surface area (Å²) in [6.45, 7) is 2.38. The third kappa shape index (κ3) is 4.58. The molecular weight excluding hydrogens is 315 g/mol. The largest absolute Gasteiger partial charge is 0.387 e. The molecule has 2 aromatic carbocycles. The van der Waals surface area contributed by atoms with Gasteiger partial charge in [-0.25, -0.2) is 13.2 Å². The van der Waals surface area contributed by atoms with Gasteiger partial charge in [-0.2, -0.15) is 0 Å². The van der Waals surface area contributed by atoms with Crippen molar-refractivity contribution in [3.63, 3.8) is 0 Å². The fourth-order valence-corrected chi connectivity index (χ4v) is 2.57. The molecule has 5 heteroatoms. The minimum Gasteiger partial charge on any atom is -0.387 e. The fourth-order valence-electron chi connectivity index (χ4n) is 2.57. The summed E-state index contributed by atoms with van der Waals surface area (Å²) in [5.74, 6) is -0.393. The molecule has 2 aromatic rings. The van der Waals surface area contributed by atoms with Crippen LogP contribution >= 0.6 is 0 Å². The van der Waals surface area contributed by atoms with Crippen molar-refractivity contribution in [1.29, 1.82) is 0 Å². The molecule has 0 aliphatic carbocycles. The van der Waals surface area contributed by atoms with Crippen LogP contribution in [-0.2, 0) is 6.42 Å². The Kier molecular flexibility index (Phi) is 5.67. The monoisotopic (exact) mass is 337 g/mol. The van der Waals surface area contributed by atoms with Gasteiger partial charge in [0.25, 0.3) is 0 Å².